The van der Waals surface area contributed by atoms with Gasteiger partial charge in [0.05, 0.1) is 5.02 Å². The minimum Gasteiger partial charge on any atom is -0.368 e. The first-order chi connectivity index (χ1) is 16.0. The highest BCUT2D eigenvalue weighted by Crippen LogP contribution is 2.22. The van der Waals surface area contributed by atoms with Crippen molar-refractivity contribution in [1.82, 2.24) is 4.90 Å². The van der Waals surface area contributed by atoms with E-state index >= 15 is 0 Å². The molecule has 2 aromatic carbocycles. The van der Waals surface area contributed by atoms with Gasteiger partial charge in [0.15, 0.2) is 0 Å². The molecule has 0 saturated carbocycles. The summed E-state index contributed by atoms with van der Waals surface area (Å²) in [5.41, 5.74) is 2.10. The first kappa shape index (κ1) is 24.8. The van der Waals surface area contributed by atoms with Gasteiger partial charge in [-0.2, -0.15) is 0 Å². The molecule has 1 aliphatic heterocycles. The molecule has 0 radical (unpaired) electrons. The smallest absolute Gasteiger partial charge is 0.323 e. The maximum atomic E-state index is 13.2. The molecule has 3 rings (SSSR count). The van der Waals surface area contributed by atoms with E-state index in [0.29, 0.717) is 17.8 Å². The first-order valence-corrected chi connectivity index (χ1v) is 12.0. The number of benzene rings is 2. The number of anilines is 3. The summed E-state index contributed by atoms with van der Waals surface area (Å²) in [5.74, 6) is -0.273. The number of halogens is 2. The Kier molecular flexibility index (Phi) is 9.36. The van der Waals surface area contributed by atoms with Crippen molar-refractivity contribution >= 4 is 40.6 Å². The van der Waals surface area contributed by atoms with E-state index in [1.807, 2.05) is 29.2 Å². The molecule has 178 valence electrons. The van der Waals surface area contributed by atoms with Crippen LogP contribution in [0.4, 0.5) is 26.2 Å². The number of carbonyl (C=O) groups is 2. The zero-order chi connectivity index (χ0) is 23.6. The van der Waals surface area contributed by atoms with Crippen molar-refractivity contribution in [2.24, 2.45) is 0 Å². The van der Waals surface area contributed by atoms with Crippen molar-refractivity contribution in [3.05, 3.63) is 53.3 Å². The van der Waals surface area contributed by atoms with Crippen LogP contribution in [0.25, 0.3) is 0 Å². The van der Waals surface area contributed by atoms with Gasteiger partial charge in [-0.1, -0.05) is 44.2 Å². The molecule has 3 amide bonds. The van der Waals surface area contributed by atoms with Crippen LogP contribution < -0.4 is 15.5 Å². The molecule has 1 heterocycles. The zero-order valence-electron chi connectivity index (χ0n) is 19.1. The lowest BCUT2D eigenvalue weighted by Gasteiger charge is -2.36. The summed E-state index contributed by atoms with van der Waals surface area (Å²) in [6.07, 6.45) is 6.44. The van der Waals surface area contributed by atoms with Crippen LogP contribution >= 0.6 is 11.6 Å². The fourth-order valence-electron chi connectivity index (χ4n) is 3.87. The molecule has 2 aromatic rings. The number of urea groups is 1. The summed E-state index contributed by atoms with van der Waals surface area (Å²) in [6, 6.07) is 11.1. The van der Waals surface area contributed by atoms with Crippen molar-refractivity contribution < 1.29 is 14.0 Å². The van der Waals surface area contributed by atoms with Gasteiger partial charge in [0.25, 0.3) is 0 Å². The molecule has 0 aromatic heterocycles. The molecule has 0 bridgehead atoms. The zero-order valence-corrected chi connectivity index (χ0v) is 19.8. The van der Waals surface area contributed by atoms with Gasteiger partial charge in [-0.3, -0.25) is 4.79 Å². The van der Waals surface area contributed by atoms with E-state index in [4.69, 9.17) is 11.6 Å². The van der Waals surface area contributed by atoms with Crippen LogP contribution in [0.15, 0.2) is 42.5 Å². The number of piperazine rings is 1. The highest BCUT2D eigenvalue weighted by molar-refractivity contribution is 6.31. The minimum atomic E-state index is -0.536. The van der Waals surface area contributed by atoms with Gasteiger partial charge in [0.2, 0.25) is 5.91 Å². The summed E-state index contributed by atoms with van der Waals surface area (Å²) < 4.78 is 13.2. The van der Waals surface area contributed by atoms with Gasteiger partial charge in [-0.15, -0.1) is 0 Å². The summed E-state index contributed by atoms with van der Waals surface area (Å²) >= 11 is 5.74. The number of hydrogen-bond acceptors (Lipinski definition) is 3. The molecule has 0 spiro atoms. The second-order valence-corrected chi connectivity index (χ2v) is 8.69. The Morgan fingerprint density at radius 1 is 0.909 bits per heavy atom. The SMILES string of the molecule is CCCCCCCC(=O)N1CCN(c2ccc(NC(=O)Nc3ccc(F)c(Cl)c3)cc2)CC1. The van der Waals surface area contributed by atoms with Gasteiger partial charge in [-0.05, 0) is 48.9 Å². The number of nitrogens with zero attached hydrogens (tertiary/aromatic N) is 2. The Morgan fingerprint density at radius 2 is 1.55 bits per heavy atom. The van der Waals surface area contributed by atoms with Crippen LogP contribution in [0, 0.1) is 5.82 Å². The normalized spacial score (nSPS) is 13.7. The predicted molar refractivity (Wildman–Crippen MR) is 133 cm³/mol. The molecule has 1 fully saturated rings. The molecular formula is C25H32ClFN4O2. The maximum Gasteiger partial charge on any atom is 0.323 e. The van der Waals surface area contributed by atoms with E-state index in [1.54, 1.807) is 0 Å². The van der Waals surface area contributed by atoms with E-state index in [0.717, 1.165) is 44.7 Å². The third-order valence-corrected chi connectivity index (χ3v) is 6.08. The lowest BCUT2D eigenvalue weighted by molar-refractivity contribution is -0.131. The second-order valence-electron chi connectivity index (χ2n) is 8.29. The van der Waals surface area contributed by atoms with E-state index in [-0.39, 0.29) is 10.9 Å². The van der Waals surface area contributed by atoms with E-state index < -0.39 is 11.8 Å². The average Bonchev–Trinajstić information content (AvgIpc) is 2.82. The van der Waals surface area contributed by atoms with Crippen LogP contribution in [0.5, 0.6) is 0 Å². The lowest BCUT2D eigenvalue weighted by Crippen LogP contribution is -2.48. The molecule has 2 N–H and O–H groups in total. The number of nitrogens with one attached hydrogen (secondary N) is 2. The molecule has 6 nitrogen and oxygen atoms in total. The predicted octanol–water partition coefficient (Wildman–Crippen LogP) is 6.13. The highest BCUT2D eigenvalue weighted by atomic mass is 35.5. The summed E-state index contributed by atoms with van der Waals surface area (Å²) in [4.78, 5) is 28.8. The van der Waals surface area contributed by atoms with Crippen LogP contribution in [-0.4, -0.2) is 43.0 Å². The summed E-state index contributed by atoms with van der Waals surface area (Å²) in [6.45, 7) is 5.24. The van der Waals surface area contributed by atoms with Gasteiger partial charge >= 0.3 is 6.03 Å². The number of unbranched alkanes of at least 4 members (excludes halogenated alkanes) is 4. The van der Waals surface area contributed by atoms with E-state index in [2.05, 4.69) is 22.5 Å². The van der Waals surface area contributed by atoms with E-state index in [9.17, 15) is 14.0 Å². The molecule has 1 saturated heterocycles. The molecule has 0 unspecified atom stereocenters. The second kappa shape index (κ2) is 12.4. The Labute approximate surface area is 200 Å². The van der Waals surface area contributed by atoms with Crippen molar-refractivity contribution in [3.63, 3.8) is 0 Å². The van der Waals surface area contributed by atoms with Gasteiger partial charge in [0.1, 0.15) is 5.82 Å². The Morgan fingerprint density at radius 3 is 2.21 bits per heavy atom. The first-order valence-electron chi connectivity index (χ1n) is 11.6. The minimum absolute atomic E-state index is 0.0501. The molecule has 8 heteroatoms. The lowest BCUT2D eigenvalue weighted by atomic mass is 10.1. The third-order valence-electron chi connectivity index (χ3n) is 5.79. The van der Waals surface area contributed by atoms with Crippen molar-refractivity contribution in [1.29, 1.82) is 0 Å². The third kappa shape index (κ3) is 7.63. The van der Waals surface area contributed by atoms with Gasteiger partial charge in [-0.25, -0.2) is 9.18 Å². The fourth-order valence-corrected chi connectivity index (χ4v) is 4.06. The fraction of sp³-hybridized carbons (Fsp3) is 0.440. The molecule has 0 aliphatic carbocycles. The number of amides is 3. The van der Waals surface area contributed by atoms with Crippen molar-refractivity contribution in [2.45, 2.75) is 45.4 Å². The van der Waals surface area contributed by atoms with Crippen LogP contribution in [-0.2, 0) is 4.79 Å². The molecule has 0 atom stereocenters. The van der Waals surface area contributed by atoms with Crippen molar-refractivity contribution in [2.75, 3.05) is 41.7 Å². The largest absolute Gasteiger partial charge is 0.368 e. The number of rotatable bonds is 9. The number of carbonyl (C=O) groups excluding carboxylic acids is 2. The Hall–Kier alpha value is -2.80. The Balaban J connectivity index is 1.42. The van der Waals surface area contributed by atoms with Crippen LogP contribution in [0.3, 0.4) is 0 Å². The van der Waals surface area contributed by atoms with Gasteiger partial charge in [0, 0.05) is 49.7 Å². The highest BCUT2D eigenvalue weighted by Gasteiger charge is 2.21. The monoisotopic (exact) mass is 474 g/mol. The maximum absolute atomic E-state index is 13.2. The summed E-state index contributed by atoms with van der Waals surface area (Å²) in [7, 11) is 0. The Bertz CT molecular complexity index is 931. The topological polar surface area (TPSA) is 64.7 Å². The quantitative estimate of drug-likeness (QED) is 0.429. The van der Waals surface area contributed by atoms with Crippen molar-refractivity contribution in [3.8, 4) is 0 Å². The van der Waals surface area contributed by atoms with E-state index in [1.165, 1.54) is 37.5 Å². The molecule has 33 heavy (non-hydrogen) atoms. The standard InChI is InChI=1S/C25H32ClFN4O2/c1-2-3-4-5-6-7-24(32)31-16-14-30(15-17-31)21-11-8-19(9-12-21)28-25(33)29-20-10-13-23(27)22(26)18-20/h8-13,18H,2-7,14-17H2,1H3,(H2,28,29,33). The van der Waals surface area contributed by atoms with Gasteiger partial charge < -0.3 is 20.4 Å². The van der Waals surface area contributed by atoms with Crippen LogP contribution in [0.1, 0.15) is 45.4 Å². The molecular weight excluding hydrogens is 443 g/mol. The summed E-state index contributed by atoms with van der Waals surface area (Å²) in [5, 5.41) is 5.33. The molecule has 1 aliphatic rings. The average molecular weight is 475 g/mol. The van der Waals surface area contributed by atoms with Crippen LogP contribution in [0.2, 0.25) is 5.02 Å². The number of hydrogen-bond donors (Lipinski definition) is 2.